The zero-order valence-corrected chi connectivity index (χ0v) is 8.72. The van der Waals surface area contributed by atoms with Crippen molar-refractivity contribution in [2.24, 2.45) is 5.73 Å². The van der Waals surface area contributed by atoms with Crippen LogP contribution in [-0.4, -0.2) is 18.1 Å². The van der Waals surface area contributed by atoms with Crippen molar-refractivity contribution in [1.82, 2.24) is 0 Å². The van der Waals surface area contributed by atoms with Gasteiger partial charge in [0.15, 0.2) is 0 Å². The average Bonchev–Trinajstić information content (AvgIpc) is 2.00. The van der Waals surface area contributed by atoms with Gasteiger partial charge in [0, 0.05) is 5.57 Å². The van der Waals surface area contributed by atoms with E-state index in [0.717, 1.165) is 12.8 Å². The quantitative estimate of drug-likeness (QED) is 0.523. The van der Waals surface area contributed by atoms with Crippen molar-refractivity contribution in [2.75, 3.05) is 6.54 Å². The lowest BCUT2D eigenvalue weighted by molar-refractivity contribution is -0.152. The summed E-state index contributed by atoms with van der Waals surface area (Å²) in [6, 6.07) is 0. The molecule has 0 amide bonds. The summed E-state index contributed by atoms with van der Waals surface area (Å²) in [5.74, 6) is -0.331. The van der Waals surface area contributed by atoms with Gasteiger partial charge in [-0.3, -0.25) is 0 Å². The second-order valence-electron chi connectivity index (χ2n) is 3.82. The predicted molar refractivity (Wildman–Crippen MR) is 53.3 cm³/mol. The summed E-state index contributed by atoms with van der Waals surface area (Å²) in [6.07, 6.45) is 1.64. The second-order valence-corrected chi connectivity index (χ2v) is 3.82. The third-order valence-corrected chi connectivity index (χ3v) is 1.70. The van der Waals surface area contributed by atoms with Gasteiger partial charge >= 0.3 is 5.97 Å². The number of esters is 1. The summed E-state index contributed by atoms with van der Waals surface area (Å²) in [5, 5.41) is 0. The maximum absolute atomic E-state index is 11.2. The van der Waals surface area contributed by atoms with Crippen molar-refractivity contribution < 1.29 is 9.53 Å². The largest absolute Gasteiger partial charge is 0.456 e. The van der Waals surface area contributed by atoms with Gasteiger partial charge < -0.3 is 10.5 Å². The molecule has 0 radical (unpaired) electrons. The van der Waals surface area contributed by atoms with Gasteiger partial charge in [0.2, 0.25) is 0 Å². The molecule has 0 heterocycles. The first-order chi connectivity index (χ1) is 5.89. The third-order valence-electron chi connectivity index (χ3n) is 1.70. The average molecular weight is 185 g/mol. The zero-order valence-electron chi connectivity index (χ0n) is 8.72. The molecule has 0 bridgehead atoms. The highest BCUT2D eigenvalue weighted by molar-refractivity contribution is 5.87. The Kier molecular flexibility index (Phi) is 4.70. The molecule has 0 spiro atoms. The van der Waals surface area contributed by atoms with Crippen LogP contribution >= 0.6 is 0 Å². The van der Waals surface area contributed by atoms with Crippen LogP contribution in [0.3, 0.4) is 0 Å². The molecule has 0 aliphatic rings. The van der Waals surface area contributed by atoms with Crippen LogP contribution in [0.25, 0.3) is 0 Å². The number of carbonyl (C=O) groups is 1. The molecule has 0 aromatic carbocycles. The smallest absolute Gasteiger partial charge is 0.333 e. The summed E-state index contributed by atoms with van der Waals surface area (Å²) in [4.78, 5) is 11.2. The van der Waals surface area contributed by atoms with Crippen LogP contribution in [0.2, 0.25) is 0 Å². The van der Waals surface area contributed by atoms with Gasteiger partial charge in [0.25, 0.3) is 0 Å². The van der Waals surface area contributed by atoms with Crippen molar-refractivity contribution >= 4 is 5.97 Å². The van der Waals surface area contributed by atoms with E-state index in [1.165, 1.54) is 0 Å². The molecule has 0 saturated carbocycles. The van der Waals surface area contributed by atoms with E-state index in [-0.39, 0.29) is 5.97 Å². The molecule has 0 atom stereocenters. The van der Waals surface area contributed by atoms with E-state index in [1.54, 1.807) is 6.92 Å². The molecule has 0 fully saturated rings. The Hall–Kier alpha value is -0.830. The van der Waals surface area contributed by atoms with Crippen LogP contribution in [0.1, 0.15) is 33.6 Å². The second kappa shape index (κ2) is 5.02. The Morgan fingerprint density at radius 2 is 2.08 bits per heavy atom. The lowest BCUT2D eigenvalue weighted by Gasteiger charge is -2.24. The van der Waals surface area contributed by atoms with E-state index in [1.807, 2.05) is 13.8 Å². The molecule has 0 unspecified atom stereocenters. The number of hydrogen-bond acceptors (Lipinski definition) is 3. The first-order valence-electron chi connectivity index (χ1n) is 4.48. The fourth-order valence-electron chi connectivity index (χ4n) is 0.917. The monoisotopic (exact) mass is 185 g/mol. The van der Waals surface area contributed by atoms with Gasteiger partial charge in [-0.15, -0.1) is 0 Å². The van der Waals surface area contributed by atoms with Crippen molar-refractivity contribution in [3.8, 4) is 0 Å². The van der Waals surface area contributed by atoms with Gasteiger partial charge in [-0.25, -0.2) is 4.79 Å². The van der Waals surface area contributed by atoms with Gasteiger partial charge in [-0.2, -0.15) is 0 Å². The lowest BCUT2D eigenvalue weighted by atomic mass is 10.0. The van der Waals surface area contributed by atoms with Crippen LogP contribution in [0.5, 0.6) is 0 Å². The molecule has 13 heavy (non-hydrogen) atoms. The summed E-state index contributed by atoms with van der Waals surface area (Å²) in [7, 11) is 0. The standard InChI is InChI=1S/C10H19NO2/c1-8(2)9(12)13-10(3,4)6-5-7-11/h1,5-7,11H2,2-4H3. The Balaban J connectivity index is 4.00. The number of hydrogen-bond donors (Lipinski definition) is 1. The third kappa shape index (κ3) is 5.42. The minimum atomic E-state index is -0.435. The van der Waals surface area contributed by atoms with E-state index < -0.39 is 5.60 Å². The van der Waals surface area contributed by atoms with Crippen LogP contribution in [0.15, 0.2) is 12.2 Å². The summed E-state index contributed by atoms with van der Waals surface area (Å²) in [6.45, 7) is 9.54. The van der Waals surface area contributed by atoms with Gasteiger partial charge in [-0.1, -0.05) is 6.58 Å². The molecule has 2 N–H and O–H groups in total. The highest BCUT2D eigenvalue weighted by atomic mass is 16.6. The topological polar surface area (TPSA) is 52.3 Å². The van der Waals surface area contributed by atoms with Gasteiger partial charge in [0.05, 0.1) is 0 Å². The van der Waals surface area contributed by atoms with Crippen molar-refractivity contribution in [1.29, 1.82) is 0 Å². The summed E-state index contributed by atoms with van der Waals surface area (Å²) >= 11 is 0. The Morgan fingerprint density at radius 3 is 2.46 bits per heavy atom. The summed E-state index contributed by atoms with van der Waals surface area (Å²) < 4.78 is 5.21. The van der Waals surface area contributed by atoms with E-state index in [2.05, 4.69) is 6.58 Å². The molecule has 0 aliphatic carbocycles. The number of nitrogens with two attached hydrogens (primary N) is 1. The minimum Gasteiger partial charge on any atom is -0.456 e. The molecule has 0 rings (SSSR count). The maximum Gasteiger partial charge on any atom is 0.333 e. The number of ether oxygens (including phenoxy) is 1. The molecule has 0 aliphatic heterocycles. The molecule has 0 aromatic rings. The van der Waals surface area contributed by atoms with Crippen LogP contribution in [-0.2, 0) is 9.53 Å². The fraction of sp³-hybridized carbons (Fsp3) is 0.700. The number of rotatable bonds is 5. The molecule has 0 aromatic heterocycles. The van der Waals surface area contributed by atoms with Gasteiger partial charge in [0.1, 0.15) is 5.60 Å². The Morgan fingerprint density at radius 1 is 1.54 bits per heavy atom. The van der Waals surface area contributed by atoms with Crippen molar-refractivity contribution in [3.05, 3.63) is 12.2 Å². The number of carbonyl (C=O) groups excluding carboxylic acids is 1. The van der Waals surface area contributed by atoms with E-state index in [4.69, 9.17) is 10.5 Å². The minimum absolute atomic E-state index is 0.331. The van der Waals surface area contributed by atoms with E-state index in [9.17, 15) is 4.79 Å². The molecular weight excluding hydrogens is 166 g/mol. The first kappa shape index (κ1) is 12.2. The predicted octanol–water partition coefficient (Wildman–Crippen LogP) is 1.62. The SMILES string of the molecule is C=C(C)C(=O)OC(C)(C)CCCN. The normalized spacial score (nSPS) is 11.1. The molecule has 76 valence electrons. The maximum atomic E-state index is 11.2. The first-order valence-corrected chi connectivity index (χ1v) is 4.48. The van der Waals surface area contributed by atoms with E-state index >= 15 is 0 Å². The summed E-state index contributed by atoms with van der Waals surface area (Å²) in [5.41, 5.74) is 5.36. The van der Waals surface area contributed by atoms with Crippen molar-refractivity contribution in [2.45, 2.75) is 39.2 Å². The molecular formula is C10H19NO2. The highest BCUT2D eigenvalue weighted by Crippen LogP contribution is 2.17. The highest BCUT2D eigenvalue weighted by Gasteiger charge is 2.22. The van der Waals surface area contributed by atoms with Crippen LogP contribution < -0.4 is 5.73 Å². The van der Waals surface area contributed by atoms with Gasteiger partial charge in [-0.05, 0) is 40.2 Å². The molecule has 3 heteroatoms. The van der Waals surface area contributed by atoms with E-state index in [0.29, 0.717) is 12.1 Å². The van der Waals surface area contributed by atoms with Crippen LogP contribution in [0, 0.1) is 0 Å². The Labute approximate surface area is 79.9 Å². The zero-order chi connectivity index (χ0) is 10.5. The molecule has 3 nitrogen and oxygen atoms in total. The van der Waals surface area contributed by atoms with Crippen molar-refractivity contribution in [3.63, 3.8) is 0 Å². The fourth-order valence-corrected chi connectivity index (χ4v) is 0.917. The lowest BCUT2D eigenvalue weighted by Crippen LogP contribution is -2.29. The Bertz CT molecular complexity index is 197. The molecule has 0 saturated heterocycles. The van der Waals surface area contributed by atoms with Crippen LogP contribution in [0.4, 0.5) is 0 Å².